The second-order valence-electron chi connectivity index (χ2n) is 7.95. The van der Waals surface area contributed by atoms with Gasteiger partial charge in [-0.05, 0) is 72.8 Å². The molecule has 0 saturated heterocycles. The summed E-state index contributed by atoms with van der Waals surface area (Å²) in [6.45, 7) is 0. The highest BCUT2D eigenvalue weighted by atomic mass is 31.2. The van der Waals surface area contributed by atoms with E-state index in [9.17, 15) is 4.79 Å². The summed E-state index contributed by atoms with van der Waals surface area (Å²) in [4.78, 5) is 12.3. The van der Waals surface area contributed by atoms with E-state index in [4.69, 9.17) is 8.83 Å². The summed E-state index contributed by atoms with van der Waals surface area (Å²) < 4.78 is 11.4. The SMILES string of the molecule is O=C(/C=C/c1ccc(C[P+](c2ccccc2)(c2ccccc2)c2ccccc2)o1)c1ccco1. The van der Waals surface area contributed by atoms with Gasteiger partial charge in [-0.25, -0.2) is 0 Å². The fourth-order valence-corrected chi connectivity index (χ4v) is 8.35. The van der Waals surface area contributed by atoms with Crippen molar-refractivity contribution in [1.29, 1.82) is 0 Å². The van der Waals surface area contributed by atoms with Gasteiger partial charge in [0.15, 0.2) is 5.76 Å². The van der Waals surface area contributed by atoms with Crippen LogP contribution in [-0.4, -0.2) is 5.78 Å². The largest absolute Gasteiger partial charge is 0.461 e. The van der Waals surface area contributed by atoms with Crippen LogP contribution in [0.4, 0.5) is 0 Å². The van der Waals surface area contributed by atoms with Crippen LogP contribution in [0.2, 0.25) is 0 Å². The second-order valence-corrected chi connectivity index (χ2v) is 11.4. The van der Waals surface area contributed by atoms with Crippen molar-refractivity contribution in [1.82, 2.24) is 0 Å². The number of allylic oxidation sites excluding steroid dienone is 1. The quantitative estimate of drug-likeness (QED) is 0.155. The van der Waals surface area contributed by atoms with Crippen LogP contribution in [0.1, 0.15) is 22.1 Å². The number of furan rings is 2. The molecule has 34 heavy (non-hydrogen) atoms. The molecule has 4 heteroatoms. The topological polar surface area (TPSA) is 43.4 Å². The lowest BCUT2D eigenvalue weighted by Gasteiger charge is -2.26. The predicted molar refractivity (Wildman–Crippen MR) is 140 cm³/mol. The van der Waals surface area contributed by atoms with E-state index in [1.807, 2.05) is 12.1 Å². The molecule has 0 saturated carbocycles. The molecule has 2 heterocycles. The lowest BCUT2D eigenvalue weighted by molar-refractivity contribution is 0.102. The van der Waals surface area contributed by atoms with Crippen LogP contribution >= 0.6 is 7.26 Å². The van der Waals surface area contributed by atoms with Gasteiger partial charge in [-0.15, -0.1) is 0 Å². The average molecular weight is 463 g/mol. The Morgan fingerprint density at radius 2 is 1.24 bits per heavy atom. The normalized spacial score (nSPS) is 11.6. The van der Waals surface area contributed by atoms with Crippen molar-refractivity contribution >= 4 is 35.0 Å². The monoisotopic (exact) mass is 463 g/mol. The van der Waals surface area contributed by atoms with Crippen molar-refractivity contribution in [2.24, 2.45) is 0 Å². The molecule has 0 atom stereocenters. The van der Waals surface area contributed by atoms with E-state index in [1.54, 1.807) is 18.2 Å². The summed E-state index contributed by atoms with van der Waals surface area (Å²) in [7, 11) is -2.04. The zero-order chi connectivity index (χ0) is 23.2. The Morgan fingerprint density at radius 1 is 0.676 bits per heavy atom. The van der Waals surface area contributed by atoms with E-state index in [0.717, 1.165) is 11.9 Å². The Morgan fingerprint density at radius 3 is 1.74 bits per heavy atom. The van der Waals surface area contributed by atoms with Gasteiger partial charge in [0.25, 0.3) is 0 Å². The maximum Gasteiger partial charge on any atom is 0.221 e. The summed E-state index contributed by atoms with van der Waals surface area (Å²) in [5.41, 5.74) is 0. The molecule has 0 bridgehead atoms. The van der Waals surface area contributed by atoms with E-state index in [1.165, 1.54) is 28.3 Å². The van der Waals surface area contributed by atoms with Crippen LogP contribution in [0.25, 0.3) is 6.08 Å². The van der Waals surface area contributed by atoms with Gasteiger partial charge in [0, 0.05) is 0 Å². The van der Waals surface area contributed by atoms with Gasteiger partial charge < -0.3 is 8.83 Å². The molecule has 0 aliphatic heterocycles. The molecule has 0 spiro atoms. The number of ketones is 1. The molecular weight excluding hydrogens is 439 g/mol. The first-order valence-corrected chi connectivity index (χ1v) is 13.1. The van der Waals surface area contributed by atoms with E-state index in [2.05, 4.69) is 91.0 Å². The molecule has 2 aromatic heterocycles. The van der Waals surface area contributed by atoms with Gasteiger partial charge in [-0.3, -0.25) is 4.79 Å². The van der Waals surface area contributed by atoms with Gasteiger partial charge in [0.05, 0.1) is 6.26 Å². The lowest BCUT2D eigenvalue weighted by Crippen LogP contribution is -2.32. The first-order valence-electron chi connectivity index (χ1n) is 11.2. The first-order chi connectivity index (χ1) is 16.8. The molecule has 166 valence electrons. The third-order valence-corrected chi connectivity index (χ3v) is 10.2. The fraction of sp³-hybridized carbons (Fsp3) is 0.0333. The number of hydrogen-bond donors (Lipinski definition) is 0. The van der Waals surface area contributed by atoms with Crippen LogP contribution in [-0.2, 0) is 6.16 Å². The van der Waals surface area contributed by atoms with E-state index >= 15 is 0 Å². The van der Waals surface area contributed by atoms with Gasteiger partial charge in [-0.2, -0.15) is 0 Å². The van der Waals surface area contributed by atoms with Gasteiger partial charge in [0.1, 0.15) is 40.9 Å². The van der Waals surface area contributed by atoms with Crippen LogP contribution in [0.5, 0.6) is 0 Å². The Bertz CT molecular complexity index is 1270. The van der Waals surface area contributed by atoms with Gasteiger partial charge in [-0.1, -0.05) is 54.6 Å². The Hall–Kier alpha value is -3.94. The van der Waals surface area contributed by atoms with Crippen LogP contribution in [0.15, 0.2) is 136 Å². The van der Waals surface area contributed by atoms with Crippen LogP contribution in [0, 0.1) is 0 Å². The molecule has 5 rings (SSSR count). The average Bonchev–Trinajstić information content (AvgIpc) is 3.60. The predicted octanol–water partition coefficient (Wildman–Crippen LogP) is 6.26. The first kappa shape index (κ1) is 21.9. The summed E-state index contributed by atoms with van der Waals surface area (Å²) in [6, 6.07) is 39.4. The number of benzene rings is 3. The van der Waals surface area contributed by atoms with Gasteiger partial charge >= 0.3 is 0 Å². The molecule has 0 amide bonds. The molecule has 0 unspecified atom stereocenters. The van der Waals surface area contributed by atoms with E-state index in [0.29, 0.717) is 11.5 Å². The van der Waals surface area contributed by atoms with Gasteiger partial charge in [0.2, 0.25) is 5.78 Å². The van der Waals surface area contributed by atoms with Crippen molar-refractivity contribution in [2.45, 2.75) is 6.16 Å². The summed E-state index contributed by atoms with van der Waals surface area (Å²) >= 11 is 0. The minimum Gasteiger partial charge on any atom is -0.461 e. The Kier molecular flexibility index (Phi) is 6.38. The van der Waals surface area contributed by atoms with E-state index in [-0.39, 0.29) is 5.78 Å². The second kappa shape index (κ2) is 9.91. The third-order valence-electron chi connectivity index (χ3n) is 5.83. The minimum atomic E-state index is -2.04. The standard InChI is InChI=1S/C30H24O3P/c31-29(30-17-10-22-32-30)21-20-24-18-19-25(33-24)23-34(26-11-4-1-5-12-26,27-13-6-2-7-14-27)28-15-8-3-9-16-28/h1-22H,23H2/q+1/b21-20+. The smallest absolute Gasteiger partial charge is 0.221 e. The van der Waals surface area contributed by atoms with Crippen molar-refractivity contribution in [3.63, 3.8) is 0 Å². The van der Waals surface area contributed by atoms with Crippen LogP contribution in [0.3, 0.4) is 0 Å². The molecule has 0 aliphatic carbocycles. The summed E-state index contributed by atoms with van der Waals surface area (Å²) in [5.74, 6) is 1.64. The highest BCUT2D eigenvalue weighted by Gasteiger charge is 2.46. The number of carbonyl (C=O) groups is 1. The summed E-state index contributed by atoms with van der Waals surface area (Å²) in [5, 5.41) is 3.90. The zero-order valence-corrected chi connectivity index (χ0v) is 19.5. The molecule has 0 N–H and O–H groups in total. The highest BCUT2D eigenvalue weighted by Crippen LogP contribution is 2.58. The number of hydrogen-bond acceptors (Lipinski definition) is 3. The van der Waals surface area contributed by atoms with Crippen molar-refractivity contribution in [3.8, 4) is 0 Å². The third kappa shape index (κ3) is 4.44. The van der Waals surface area contributed by atoms with Crippen LogP contribution < -0.4 is 15.9 Å². The molecular formula is C30H24O3P+. The molecule has 0 aliphatic rings. The summed E-state index contributed by atoms with van der Waals surface area (Å²) in [6.07, 6.45) is 5.41. The van der Waals surface area contributed by atoms with Crippen molar-refractivity contribution < 1.29 is 13.6 Å². The molecule has 3 nitrogen and oxygen atoms in total. The minimum absolute atomic E-state index is 0.192. The molecule has 3 aromatic carbocycles. The zero-order valence-electron chi connectivity index (χ0n) is 18.6. The maximum atomic E-state index is 12.3. The lowest BCUT2D eigenvalue weighted by atomic mass is 10.2. The molecule has 0 radical (unpaired) electrons. The fourth-order valence-electron chi connectivity index (χ4n) is 4.23. The highest BCUT2D eigenvalue weighted by molar-refractivity contribution is 7.95. The van der Waals surface area contributed by atoms with E-state index < -0.39 is 7.26 Å². The number of rotatable bonds is 8. The molecule has 5 aromatic rings. The maximum absolute atomic E-state index is 12.3. The van der Waals surface area contributed by atoms with Crippen molar-refractivity contribution in [3.05, 3.63) is 145 Å². The Balaban J connectivity index is 1.56. The van der Waals surface area contributed by atoms with Crippen molar-refractivity contribution in [2.75, 3.05) is 0 Å². The number of carbonyl (C=O) groups excluding carboxylic acids is 1. The Labute approximate surface area is 199 Å². The molecule has 0 fully saturated rings.